The van der Waals surface area contributed by atoms with Crippen LogP contribution < -0.4 is 5.46 Å². The number of amides is 1. The van der Waals surface area contributed by atoms with E-state index in [1.807, 2.05) is 20.8 Å². The van der Waals surface area contributed by atoms with E-state index >= 15 is 0 Å². The molecule has 1 aromatic carbocycles. The fourth-order valence-corrected chi connectivity index (χ4v) is 4.54. The zero-order valence-corrected chi connectivity index (χ0v) is 21.5. The maximum Gasteiger partial charge on any atom is 0.494 e. The van der Waals surface area contributed by atoms with E-state index in [4.69, 9.17) is 9.31 Å². The SMILES string of the molecule is CCCCCCN(CCCCCC)C(=O)c1cc(B2OC(C)CC(C)(C)O2)ccc1C(F)(F)F. The van der Waals surface area contributed by atoms with Crippen molar-refractivity contribution >= 4 is 18.5 Å². The van der Waals surface area contributed by atoms with Crippen LogP contribution in [0.3, 0.4) is 0 Å². The summed E-state index contributed by atoms with van der Waals surface area (Å²) in [5, 5.41) is 0. The lowest BCUT2D eigenvalue weighted by Gasteiger charge is -2.38. The van der Waals surface area contributed by atoms with Gasteiger partial charge in [-0.25, -0.2) is 0 Å². The van der Waals surface area contributed by atoms with Crippen LogP contribution in [-0.4, -0.2) is 42.7 Å². The smallest absolute Gasteiger partial charge is 0.405 e. The van der Waals surface area contributed by atoms with Gasteiger partial charge in [0.05, 0.1) is 16.7 Å². The summed E-state index contributed by atoms with van der Waals surface area (Å²) in [6.45, 7) is 10.9. The summed E-state index contributed by atoms with van der Waals surface area (Å²) in [6.07, 6.45) is 3.64. The highest BCUT2D eigenvalue weighted by Crippen LogP contribution is 2.33. The van der Waals surface area contributed by atoms with Crippen LogP contribution in [0.2, 0.25) is 0 Å². The highest BCUT2D eigenvalue weighted by Gasteiger charge is 2.41. The molecule has 8 heteroatoms. The van der Waals surface area contributed by atoms with E-state index in [1.165, 1.54) is 12.1 Å². The minimum Gasteiger partial charge on any atom is -0.405 e. The van der Waals surface area contributed by atoms with Gasteiger partial charge in [0, 0.05) is 19.2 Å². The summed E-state index contributed by atoms with van der Waals surface area (Å²) in [5.41, 5.74) is -1.26. The van der Waals surface area contributed by atoms with Crippen molar-refractivity contribution in [3.63, 3.8) is 0 Å². The van der Waals surface area contributed by atoms with Crippen LogP contribution >= 0.6 is 0 Å². The van der Waals surface area contributed by atoms with Crippen LogP contribution in [0.1, 0.15) is 108 Å². The molecule has 1 atom stereocenters. The largest absolute Gasteiger partial charge is 0.494 e. The standard InChI is InChI=1S/C26H41BF3NO3/c1-6-8-10-12-16-31(17-13-11-9-7-2)24(32)22-18-21(14-15-23(22)26(28,29)30)27-33-20(3)19-25(4,5)34-27/h14-15,18,20H,6-13,16-17,19H2,1-5H3. The fourth-order valence-electron chi connectivity index (χ4n) is 4.54. The third kappa shape index (κ3) is 8.60. The number of hydrogen-bond donors (Lipinski definition) is 0. The molecule has 0 N–H and O–H groups in total. The molecule has 1 unspecified atom stereocenters. The summed E-state index contributed by atoms with van der Waals surface area (Å²) in [5.74, 6) is -0.565. The summed E-state index contributed by atoms with van der Waals surface area (Å²) in [7, 11) is -0.810. The molecule has 192 valence electrons. The van der Waals surface area contributed by atoms with Gasteiger partial charge in [-0.1, -0.05) is 58.4 Å². The van der Waals surface area contributed by atoms with E-state index in [1.54, 1.807) is 4.90 Å². The molecule has 1 fully saturated rings. The Morgan fingerprint density at radius 1 is 1.06 bits per heavy atom. The molecule has 4 nitrogen and oxygen atoms in total. The second kappa shape index (κ2) is 13.0. The molecule has 1 heterocycles. The van der Waals surface area contributed by atoms with Crippen LogP contribution in [0.5, 0.6) is 0 Å². The van der Waals surface area contributed by atoms with Crippen molar-refractivity contribution in [2.75, 3.05) is 13.1 Å². The van der Waals surface area contributed by atoms with Gasteiger partial charge in [-0.2, -0.15) is 13.2 Å². The first kappa shape index (κ1) is 28.7. The summed E-state index contributed by atoms with van der Waals surface area (Å²) in [6, 6.07) is 3.69. The molecule has 1 amide bonds. The molecule has 1 aromatic rings. The fraction of sp³-hybridized carbons (Fsp3) is 0.731. The number of hydrogen-bond acceptors (Lipinski definition) is 3. The molecule has 0 radical (unpaired) electrons. The number of unbranched alkanes of at least 4 members (excludes halogenated alkanes) is 6. The lowest BCUT2D eigenvalue weighted by atomic mass is 9.74. The summed E-state index contributed by atoms with van der Waals surface area (Å²) >= 11 is 0. The van der Waals surface area contributed by atoms with E-state index in [9.17, 15) is 18.0 Å². The number of carbonyl (C=O) groups is 1. The van der Waals surface area contributed by atoms with Crippen molar-refractivity contribution in [3.05, 3.63) is 29.3 Å². The third-order valence-electron chi connectivity index (χ3n) is 6.26. The van der Waals surface area contributed by atoms with Gasteiger partial charge in [0.25, 0.3) is 5.91 Å². The maximum atomic E-state index is 13.9. The molecular weight excluding hydrogens is 442 g/mol. The Labute approximate surface area is 203 Å². The molecule has 34 heavy (non-hydrogen) atoms. The predicted molar refractivity (Wildman–Crippen MR) is 131 cm³/mol. The van der Waals surface area contributed by atoms with Crippen LogP contribution in [0.4, 0.5) is 13.2 Å². The van der Waals surface area contributed by atoms with Gasteiger partial charge in [0.1, 0.15) is 0 Å². The van der Waals surface area contributed by atoms with E-state index in [2.05, 4.69) is 13.8 Å². The topological polar surface area (TPSA) is 38.8 Å². The van der Waals surface area contributed by atoms with Gasteiger partial charge in [-0.15, -0.1) is 0 Å². The van der Waals surface area contributed by atoms with Gasteiger partial charge in [-0.3, -0.25) is 4.79 Å². The monoisotopic (exact) mass is 483 g/mol. The molecule has 0 aromatic heterocycles. The quantitative estimate of drug-likeness (QED) is 0.248. The van der Waals surface area contributed by atoms with Crippen molar-refractivity contribution in [1.29, 1.82) is 0 Å². The summed E-state index contributed by atoms with van der Waals surface area (Å²) < 4.78 is 53.6. The molecule has 2 rings (SSSR count). The minimum absolute atomic E-state index is 0.108. The Bertz CT molecular complexity index is 773. The number of nitrogens with zero attached hydrogens (tertiary/aromatic N) is 1. The molecule has 1 aliphatic heterocycles. The van der Waals surface area contributed by atoms with E-state index < -0.39 is 30.4 Å². The van der Waals surface area contributed by atoms with Crippen molar-refractivity contribution < 1.29 is 27.3 Å². The van der Waals surface area contributed by atoms with Crippen molar-refractivity contribution in [2.24, 2.45) is 0 Å². The molecular formula is C26H41BF3NO3. The van der Waals surface area contributed by atoms with E-state index in [0.717, 1.165) is 57.4 Å². The average Bonchev–Trinajstić information content (AvgIpc) is 2.75. The van der Waals surface area contributed by atoms with Crippen LogP contribution in [-0.2, 0) is 15.5 Å². The molecule has 1 saturated heterocycles. The van der Waals surface area contributed by atoms with Gasteiger partial charge >= 0.3 is 13.3 Å². The summed E-state index contributed by atoms with van der Waals surface area (Å²) in [4.78, 5) is 15.1. The Morgan fingerprint density at radius 3 is 2.15 bits per heavy atom. The Kier molecular flexibility index (Phi) is 10.9. The zero-order valence-electron chi connectivity index (χ0n) is 21.5. The third-order valence-corrected chi connectivity index (χ3v) is 6.26. The highest BCUT2D eigenvalue weighted by atomic mass is 19.4. The first-order valence-electron chi connectivity index (χ1n) is 12.8. The Morgan fingerprint density at radius 2 is 1.65 bits per heavy atom. The molecule has 0 aliphatic carbocycles. The van der Waals surface area contributed by atoms with E-state index in [0.29, 0.717) is 25.0 Å². The van der Waals surface area contributed by atoms with E-state index in [-0.39, 0.29) is 11.7 Å². The molecule has 0 bridgehead atoms. The number of benzene rings is 1. The highest BCUT2D eigenvalue weighted by molar-refractivity contribution is 6.61. The normalized spacial score (nSPS) is 18.2. The minimum atomic E-state index is -4.62. The van der Waals surface area contributed by atoms with Crippen molar-refractivity contribution in [3.8, 4) is 0 Å². The van der Waals surface area contributed by atoms with Crippen molar-refractivity contribution in [2.45, 2.75) is 110 Å². The van der Waals surface area contributed by atoms with Crippen LogP contribution in [0.25, 0.3) is 0 Å². The number of halogens is 3. The molecule has 0 saturated carbocycles. The second-order valence-electron chi connectivity index (χ2n) is 10.1. The lowest BCUT2D eigenvalue weighted by Crippen LogP contribution is -2.52. The number of alkyl halides is 3. The van der Waals surface area contributed by atoms with Gasteiger partial charge in [0.2, 0.25) is 0 Å². The number of rotatable bonds is 12. The Hall–Kier alpha value is -1.54. The first-order valence-corrected chi connectivity index (χ1v) is 12.8. The number of carbonyl (C=O) groups excluding carboxylic acids is 1. The van der Waals surface area contributed by atoms with Crippen LogP contribution in [0, 0.1) is 0 Å². The first-order chi connectivity index (χ1) is 16.0. The van der Waals surface area contributed by atoms with Gasteiger partial charge < -0.3 is 14.2 Å². The molecule has 1 aliphatic rings. The molecule has 0 spiro atoms. The zero-order chi connectivity index (χ0) is 25.4. The Balaban J connectivity index is 2.35. The van der Waals surface area contributed by atoms with Crippen molar-refractivity contribution in [1.82, 2.24) is 4.90 Å². The van der Waals surface area contributed by atoms with Crippen LogP contribution in [0.15, 0.2) is 18.2 Å². The van der Waals surface area contributed by atoms with Gasteiger partial charge in [0.15, 0.2) is 0 Å². The predicted octanol–water partition coefficient (Wildman–Crippen LogP) is 6.61. The second-order valence-corrected chi connectivity index (χ2v) is 10.1. The van der Waals surface area contributed by atoms with Gasteiger partial charge in [-0.05, 0) is 57.6 Å². The lowest BCUT2D eigenvalue weighted by molar-refractivity contribution is -0.138. The average molecular weight is 483 g/mol. The maximum absolute atomic E-state index is 13.9.